The molecule has 2 aliphatic carbocycles. The van der Waals surface area contributed by atoms with E-state index in [0.29, 0.717) is 23.6 Å². The molecule has 0 bridgehead atoms. The van der Waals surface area contributed by atoms with Gasteiger partial charge in [-0.15, -0.1) is 0 Å². The van der Waals surface area contributed by atoms with Crippen molar-refractivity contribution in [3.63, 3.8) is 0 Å². The summed E-state index contributed by atoms with van der Waals surface area (Å²) in [5.41, 5.74) is 3.81. The van der Waals surface area contributed by atoms with Crippen LogP contribution in [-0.4, -0.2) is 43.7 Å². The smallest absolute Gasteiger partial charge is 0.266 e. The first-order valence-electron chi connectivity index (χ1n) is 15.4. The molecular weight excluding hydrogens is 576 g/mol. The summed E-state index contributed by atoms with van der Waals surface area (Å²) in [5, 5.41) is 5.56. The van der Waals surface area contributed by atoms with E-state index in [1.165, 1.54) is 32.1 Å². The number of nitrogens with one attached hydrogen (secondary N) is 2. The van der Waals surface area contributed by atoms with E-state index in [1.807, 2.05) is 60.7 Å². The van der Waals surface area contributed by atoms with Crippen LogP contribution in [0.15, 0.2) is 78.4 Å². The van der Waals surface area contributed by atoms with E-state index in [4.69, 9.17) is 9.29 Å². The van der Waals surface area contributed by atoms with Gasteiger partial charge in [-0.2, -0.15) is 8.42 Å². The molecule has 2 amide bonds. The van der Waals surface area contributed by atoms with Gasteiger partial charge in [-0.05, 0) is 77.6 Å². The molecular formula is C35H44N2O6S. The van der Waals surface area contributed by atoms with Crippen LogP contribution < -0.4 is 15.4 Å². The van der Waals surface area contributed by atoms with Gasteiger partial charge < -0.3 is 15.4 Å². The highest BCUT2D eigenvalue weighted by Crippen LogP contribution is 2.28. The average molecular weight is 621 g/mol. The van der Waals surface area contributed by atoms with Gasteiger partial charge in [-0.3, -0.25) is 14.1 Å². The van der Waals surface area contributed by atoms with Crippen molar-refractivity contribution >= 4 is 33.2 Å². The Kier molecular flexibility index (Phi) is 11.2. The molecule has 236 valence electrons. The number of rotatable bonds is 11. The maximum atomic E-state index is 13.7. The van der Waals surface area contributed by atoms with Crippen molar-refractivity contribution in [1.29, 1.82) is 0 Å². The van der Waals surface area contributed by atoms with Gasteiger partial charge in [0.05, 0.1) is 18.3 Å². The van der Waals surface area contributed by atoms with Gasteiger partial charge in [0.15, 0.2) is 0 Å². The minimum Gasteiger partial charge on any atom is -0.493 e. The highest BCUT2D eigenvalue weighted by molar-refractivity contribution is 7.85. The molecule has 1 unspecified atom stereocenters. The SMILES string of the molecule is CC(C)(C)c1ccc(/C(=C\C2=CCC(C(=O)NCCS(=O)(=O)O)C=C2)C(=O)Nc2ccc(OCC3CCCCC3)cc2)cc1. The van der Waals surface area contributed by atoms with Crippen molar-refractivity contribution in [3.8, 4) is 5.75 Å². The predicted molar refractivity (Wildman–Crippen MR) is 175 cm³/mol. The average Bonchev–Trinajstić information content (AvgIpc) is 2.99. The Balaban J connectivity index is 1.46. The maximum absolute atomic E-state index is 13.7. The normalized spacial score (nSPS) is 18.0. The topological polar surface area (TPSA) is 122 Å². The van der Waals surface area contributed by atoms with E-state index in [0.717, 1.165) is 29.1 Å². The maximum Gasteiger partial charge on any atom is 0.266 e. The third-order valence-electron chi connectivity index (χ3n) is 8.06. The number of carbonyl (C=O) groups excluding carboxylic acids is 2. The molecule has 3 N–H and O–H groups in total. The molecule has 9 heteroatoms. The van der Waals surface area contributed by atoms with Crippen LogP contribution in [0.5, 0.6) is 5.75 Å². The minimum absolute atomic E-state index is 0.0307. The Morgan fingerprint density at radius 2 is 1.68 bits per heavy atom. The number of anilines is 1. The number of amides is 2. The fraction of sp³-hybridized carbons (Fsp3) is 0.429. The lowest BCUT2D eigenvalue weighted by Crippen LogP contribution is -2.33. The monoisotopic (exact) mass is 620 g/mol. The molecule has 1 fully saturated rings. The van der Waals surface area contributed by atoms with Crippen LogP contribution in [0.3, 0.4) is 0 Å². The van der Waals surface area contributed by atoms with Crippen LogP contribution >= 0.6 is 0 Å². The number of carbonyl (C=O) groups is 2. The van der Waals surface area contributed by atoms with Crippen molar-refractivity contribution < 1.29 is 27.3 Å². The lowest BCUT2D eigenvalue weighted by atomic mass is 9.86. The van der Waals surface area contributed by atoms with E-state index in [2.05, 4.69) is 31.4 Å². The minimum atomic E-state index is -4.15. The molecule has 1 atom stereocenters. The van der Waals surface area contributed by atoms with Crippen LogP contribution in [0.4, 0.5) is 5.69 Å². The summed E-state index contributed by atoms with van der Waals surface area (Å²) in [4.78, 5) is 26.1. The van der Waals surface area contributed by atoms with Gasteiger partial charge in [0.1, 0.15) is 5.75 Å². The summed E-state index contributed by atoms with van der Waals surface area (Å²) >= 11 is 0. The molecule has 0 heterocycles. The molecule has 2 aromatic carbocycles. The zero-order valence-corrected chi connectivity index (χ0v) is 26.7. The summed E-state index contributed by atoms with van der Waals surface area (Å²) in [6, 6.07) is 15.4. The summed E-state index contributed by atoms with van der Waals surface area (Å²) in [6.45, 7) is 6.97. The zero-order chi connectivity index (χ0) is 31.7. The number of allylic oxidation sites excluding steroid dienone is 4. The summed E-state index contributed by atoms with van der Waals surface area (Å²) in [7, 11) is -4.15. The van der Waals surface area contributed by atoms with Gasteiger partial charge in [0.25, 0.3) is 16.0 Å². The van der Waals surface area contributed by atoms with E-state index in [1.54, 1.807) is 12.2 Å². The predicted octanol–water partition coefficient (Wildman–Crippen LogP) is 6.47. The number of hydrogen-bond donors (Lipinski definition) is 3. The van der Waals surface area contributed by atoms with Gasteiger partial charge in [0, 0.05) is 17.8 Å². The third kappa shape index (κ3) is 10.2. The lowest BCUT2D eigenvalue weighted by Gasteiger charge is -2.21. The first-order valence-corrected chi connectivity index (χ1v) is 17.0. The molecule has 1 saturated carbocycles. The van der Waals surface area contributed by atoms with Crippen molar-refractivity contribution in [2.45, 2.75) is 64.7 Å². The molecule has 2 aliphatic rings. The van der Waals surface area contributed by atoms with Crippen molar-refractivity contribution in [2.75, 3.05) is 24.2 Å². The molecule has 44 heavy (non-hydrogen) atoms. The second-order valence-corrected chi connectivity index (χ2v) is 14.2. The third-order valence-corrected chi connectivity index (χ3v) is 8.78. The standard InChI is InChI=1S/C35H44N2O6S/c1-35(2,3)29-15-13-27(14-16-29)32(23-25-9-11-28(12-10-25)33(38)36-21-22-44(40,41)42)34(39)37-30-17-19-31(20-18-30)43-24-26-7-5-4-6-8-26/h9-11,13-20,23,26,28H,4-8,12,21-22,24H2,1-3H3,(H,36,38)(H,37,39)(H,40,41,42)/b32-23+. The molecule has 0 aromatic heterocycles. The quantitative estimate of drug-likeness (QED) is 0.196. The molecule has 4 rings (SSSR count). The lowest BCUT2D eigenvalue weighted by molar-refractivity contribution is -0.123. The Morgan fingerprint density at radius 1 is 1.00 bits per heavy atom. The molecule has 0 radical (unpaired) electrons. The summed E-state index contributed by atoms with van der Waals surface area (Å²) in [6.07, 6.45) is 13.9. The molecule has 0 saturated heterocycles. The number of ether oxygens (including phenoxy) is 1. The van der Waals surface area contributed by atoms with Gasteiger partial charge in [0.2, 0.25) is 5.91 Å². The van der Waals surface area contributed by atoms with E-state index < -0.39 is 21.8 Å². The van der Waals surface area contributed by atoms with E-state index in [9.17, 15) is 18.0 Å². The first kappa shape index (κ1) is 33.2. The number of benzene rings is 2. The van der Waals surface area contributed by atoms with Crippen LogP contribution in [-0.2, 0) is 25.1 Å². The molecule has 8 nitrogen and oxygen atoms in total. The van der Waals surface area contributed by atoms with Crippen molar-refractivity contribution in [2.24, 2.45) is 11.8 Å². The van der Waals surface area contributed by atoms with Crippen LogP contribution in [0.2, 0.25) is 0 Å². The zero-order valence-electron chi connectivity index (χ0n) is 25.8. The van der Waals surface area contributed by atoms with Gasteiger partial charge in [-0.25, -0.2) is 0 Å². The largest absolute Gasteiger partial charge is 0.493 e. The molecule has 0 spiro atoms. The molecule has 0 aliphatic heterocycles. The Bertz CT molecular complexity index is 1490. The number of hydrogen-bond acceptors (Lipinski definition) is 5. The highest BCUT2D eigenvalue weighted by atomic mass is 32.2. The second-order valence-electron chi connectivity index (χ2n) is 12.7. The van der Waals surface area contributed by atoms with Crippen LogP contribution in [0.25, 0.3) is 5.57 Å². The Morgan fingerprint density at radius 3 is 2.27 bits per heavy atom. The van der Waals surface area contributed by atoms with E-state index >= 15 is 0 Å². The second kappa shape index (κ2) is 14.9. The van der Waals surface area contributed by atoms with Crippen molar-refractivity contribution in [3.05, 3.63) is 89.5 Å². The summed E-state index contributed by atoms with van der Waals surface area (Å²) in [5.74, 6) is -0.207. The highest BCUT2D eigenvalue weighted by Gasteiger charge is 2.20. The van der Waals surface area contributed by atoms with Crippen LogP contribution in [0, 0.1) is 11.8 Å². The van der Waals surface area contributed by atoms with Crippen molar-refractivity contribution in [1.82, 2.24) is 5.32 Å². The Labute approximate surface area is 261 Å². The van der Waals surface area contributed by atoms with Gasteiger partial charge >= 0.3 is 0 Å². The van der Waals surface area contributed by atoms with Crippen LogP contribution in [0.1, 0.15) is 70.4 Å². The fourth-order valence-corrected chi connectivity index (χ4v) is 5.73. The van der Waals surface area contributed by atoms with E-state index in [-0.39, 0.29) is 23.8 Å². The summed E-state index contributed by atoms with van der Waals surface area (Å²) < 4.78 is 36.7. The Hall–Kier alpha value is -3.69. The fourth-order valence-electron chi connectivity index (χ4n) is 5.37. The first-order chi connectivity index (χ1) is 20.9. The van der Waals surface area contributed by atoms with Gasteiger partial charge in [-0.1, -0.05) is 82.5 Å². The molecule has 2 aromatic rings.